The molecule has 1 heterocycles. The molecule has 1 saturated heterocycles. The topological polar surface area (TPSA) is 52.7 Å². The minimum atomic E-state index is -0.318. The summed E-state index contributed by atoms with van der Waals surface area (Å²) in [5.74, 6) is -0.175. The monoisotopic (exact) mass is 333 g/mol. The molecule has 24 heavy (non-hydrogen) atoms. The number of nitrogens with zero attached hydrogens (tertiary/aromatic N) is 2. The van der Waals surface area contributed by atoms with Crippen LogP contribution in [0.25, 0.3) is 0 Å². The summed E-state index contributed by atoms with van der Waals surface area (Å²) < 4.78 is 14.1. The fourth-order valence-electron chi connectivity index (χ4n) is 3.35. The number of nitrogens with one attached hydrogen (secondary N) is 1. The molecule has 6 heteroatoms. The molecule has 1 saturated carbocycles. The van der Waals surface area contributed by atoms with Crippen LogP contribution < -0.4 is 5.32 Å². The first kappa shape index (κ1) is 16.7. The van der Waals surface area contributed by atoms with Gasteiger partial charge in [0.25, 0.3) is 0 Å². The number of rotatable bonds is 4. The van der Waals surface area contributed by atoms with Crippen molar-refractivity contribution in [2.24, 2.45) is 0 Å². The fraction of sp³-hybridized carbons (Fsp3) is 0.556. The summed E-state index contributed by atoms with van der Waals surface area (Å²) in [4.78, 5) is 27.8. The van der Waals surface area contributed by atoms with Crippen LogP contribution in [0.1, 0.15) is 44.2 Å². The van der Waals surface area contributed by atoms with Gasteiger partial charge < -0.3 is 15.1 Å². The predicted octanol–water partition coefficient (Wildman–Crippen LogP) is 2.68. The van der Waals surface area contributed by atoms with Crippen molar-refractivity contribution in [3.8, 4) is 0 Å². The van der Waals surface area contributed by atoms with Gasteiger partial charge in [-0.3, -0.25) is 4.79 Å². The zero-order valence-electron chi connectivity index (χ0n) is 14.2. The molecule has 130 valence electrons. The predicted molar refractivity (Wildman–Crippen MR) is 88.9 cm³/mol. The van der Waals surface area contributed by atoms with Gasteiger partial charge in [0, 0.05) is 37.7 Å². The average Bonchev–Trinajstić information content (AvgIpc) is 3.36. The number of carbonyl (C=O) groups excluding carboxylic acids is 2. The molecule has 3 amide bonds. The largest absolute Gasteiger partial charge is 0.344 e. The highest BCUT2D eigenvalue weighted by molar-refractivity contribution is 5.78. The second-order valence-corrected chi connectivity index (χ2v) is 6.80. The lowest BCUT2D eigenvalue weighted by Gasteiger charge is -2.35. The third kappa shape index (κ3) is 3.52. The number of carbonyl (C=O) groups is 2. The summed E-state index contributed by atoms with van der Waals surface area (Å²) >= 11 is 0. The molecule has 2 aliphatic rings. The maximum absolute atomic E-state index is 14.1. The van der Waals surface area contributed by atoms with Crippen LogP contribution in [0, 0.1) is 5.82 Å². The van der Waals surface area contributed by atoms with Gasteiger partial charge in [0.2, 0.25) is 5.91 Å². The number of hydrogen-bond acceptors (Lipinski definition) is 2. The Morgan fingerprint density at radius 1 is 1.33 bits per heavy atom. The van der Waals surface area contributed by atoms with Crippen LogP contribution in [0.15, 0.2) is 24.3 Å². The molecule has 1 aliphatic carbocycles. The first-order valence-electron chi connectivity index (χ1n) is 8.54. The van der Waals surface area contributed by atoms with Crippen molar-refractivity contribution in [1.29, 1.82) is 0 Å². The minimum absolute atomic E-state index is 0.0470. The maximum Gasteiger partial charge on any atom is 0.318 e. The van der Waals surface area contributed by atoms with Crippen LogP contribution in [0.5, 0.6) is 0 Å². The van der Waals surface area contributed by atoms with Crippen molar-refractivity contribution in [3.63, 3.8) is 0 Å². The number of benzene rings is 1. The molecule has 0 bridgehead atoms. The minimum Gasteiger partial charge on any atom is -0.344 e. The standard InChI is InChI=1S/C18H24FN3O2/c1-12(15-5-3-4-6-16(15)19)22(14-8-9-14)18(24)20-13-7-10-17(23)21(2)11-13/h3-6,12-14H,7-11H2,1-2H3,(H,20,24). The molecule has 1 aliphatic heterocycles. The van der Waals surface area contributed by atoms with Crippen LogP contribution in [0.4, 0.5) is 9.18 Å². The number of amides is 3. The Morgan fingerprint density at radius 3 is 2.67 bits per heavy atom. The van der Waals surface area contributed by atoms with Crippen LogP contribution >= 0.6 is 0 Å². The van der Waals surface area contributed by atoms with Crippen molar-refractivity contribution in [3.05, 3.63) is 35.6 Å². The molecule has 2 unspecified atom stereocenters. The van der Waals surface area contributed by atoms with Gasteiger partial charge >= 0.3 is 6.03 Å². The average molecular weight is 333 g/mol. The van der Waals surface area contributed by atoms with Crippen molar-refractivity contribution in [2.75, 3.05) is 13.6 Å². The molecule has 5 nitrogen and oxygen atoms in total. The first-order valence-corrected chi connectivity index (χ1v) is 8.54. The van der Waals surface area contributed by atoms with Gasteiger partial charge in [0.1, 0.15) is 5.82 Å². The normalized spacial score (nSPS) is 22.2. The van der Waals surface area contributed by atoms with E-state index >= 15 is 0 Å². The van der Waals surface area contributed by atoms with E-state index < -0.39 is 0 Å². The zero-order valence-corrected chi connectivity index (χ0v) is 14.2. The highest BCUT2D eigenvalue weighted by atomic mass is 19.1. The molecule has 3 rings (SSSR count). The van der Waals surface area contributed by atoms with E-state index in [0.717, 1.165) is 12.8 Å². The number of urea groups is 1. The second kappa shape index (κ2) is 6.79. The summed E-state index contributed by atoms with van der Waals surface area (Å²) in [5.41, 5.74) is 0.537. The van der Waals surface area contributed by atoms with E-state index in [1.54, 1.807) is 35.0 Å². The van der Waals surface area contributed by atoms with E-state index in [4.69, 9.17) is 0 Å². The molecule has 1 aromatic carbocycles. The molecule has 2 atom stereocenters. The summed E-state index contributed by atoms with van der Waals surface area (Å²) in [6.07, 6.45) is 3.01. The van der Waals surface area contributed by atoms with Crippen molar-refractivity contribution in [2.45, 2.75) is 50.7 Å². The number of piperidine rings is 1. The summed E-state index contributed by atoms with van der Waals surface area (Å²) in [7, 11) is 1.75. The van der Waals surface area contributed by atoms with Crippen molar-refractivity contribution in [1.82, 2.24) is 15.1 Å². The highest BCUT2D eigenvalue weighted by Crippen LogP contribution is 2.35. The number of likely N-dealkylation sites (N-methyl/N-ethyl adjacent to an activating group) is 1. The molecule has 0 radical (unpaired) electrons. The van der Waals surface area contributed by atoms with Gasteiger partial charge in [-0.2, -0.15) is 0 Å². The number of hydrogen-bond donors (Lipinski definition) is 1. The van der Waals surface area contributed by atoms with E-state index in [9.17, 15) is 14.0 Å². The molecule has 2 fully saturated rings. The Morgan fingerprint density at radius 2 is 2.04 bits per heavy atom. The summed E-state index contributed by atoms with van der Waals surface area (Å²) in [5, 5.41) is 3.03. The van der Waals surface area contributed by atoms with Gasteiger partial charge in [0.15, 0.2) is 0 Å². The third-order valence-corrected chi connectivity index (χ3v) is 4.90. The molecular weight excluding hydrogens is 309 g/mol. The Labute approximate surface area is 141 Å². The molecule has 0 aromatic heterocycles. The van der Waals surface area contributed by atoms with Crippen molar-refractivity contribution >= 4 is 11.9 Å². The maximum atomic E-state index is 14.1. The van der Waals surface area contributed by atoms with Crippen molar-refractivity contribution < 1.29 is 14.0 Å². The highest BCUT2D eigenvalue weighted by Gasteiger charge is 2.38. The van der Waals surface area contributed by atoms with E-state index in [1.165, 1.54) is 6.07 Å². The Balaban J connectivity index is 1.70. The van der Waals surface area contributed by atoms with E-state index in [0.29, 0.717) is 24.9 Å². The van der Waals surface area contributed by atoms with Gasteiger partial charge in [-0.15, -0.1) is 0 Å². The second-order valence-electron chi connectivity index (χ2n) is 6.80. The third-order valence-electron chi connectivity index (χ3n) is 4.90. The van der Waals surface area contributed by atoms with E-state index in [1.807, 2.05) is 6.92 Å². The lowest BCUT2D eigenvalue weighted by atomic mass is 10.0. The molecule has 1 aromatic rings. The summed E-state index contributed by atoms with van der Waals surface area (Å²) in [6.45, 7) is 2.39. The van der Waals surface area contributed by atoms with Gasteiger partial charge in [-0.1, -0.05) is 18.2 Å². The fourth-order valence-corrected chi connectivity index (χ4v) is 3.35. The van der Waals surface area contributed by atoms with E-state index in [2.05, 4.69) is 5.32 Å². The van der Waals surface area contributed by atoms with Crippen LogP contribution in [-0.4, -0.2) is 47.4 Å². The van der Waals surface area contributed by atoms with E-state index in [-0.39, 0.29) is 35.9 Å². The van der Waals surface area contributed by atoms with Crippen LogP contribution in [-0.2, 0) is 4.79 Å². The SMILES string of the molecule is CC(c1ccccc1F)N(C(=O)NC1CCC(=O)N(C)C1)C1CC1. The number of likely N-dealkylation sites (tertiary alicyclic amines) is 1. The van der Waals surface area contributed by atoms with Crippen LogP contribution in [0.3, 0.4) is 0 Å². The Hall–Kier alpha value is -2.11. The molecule has 1 N–H and O–H groups in total. The lowest BCUT2D eigenvalue weighted by Crippen LogP contribution is -2.53. The Kier molecular flexibility index (Phi) is 4.73. The quantitative estimate of drug-likeness (QED) is 0.921. The zero-order chi connectivity index (χ0) is 17.3. The lowest BCUT2D eigenvalue weighted by molar-refractivity contribution is -0.132. The first-order chi connectivity index (χ1) is 11.5. The summed E-state index contributed by atoms with van der Waals surface area (Å²) in [6, 6.07) is 6.24. The van der Waals surface area contributed by atoms with Gasteiger partial charge in [-0.25, -0.2) is 9.18 Å². The Bertz CT molecular complexity index is 632. The molecular formula is C18H24FN3O2. The van der Waals surface area contributed by atoms with Gasteiger partial charge in [0.05, 0.1) is 6.04 Å². The molecule has 0 spiro atoms. The van der Waals surface area contributed by atoms with Gasteiger partial charge in [-0.05, 0) is 32.3 Å². The smallest absolute Gasteiger partial charge is 0.318 e. The van der Waals surface area contributed by atoms with Crippen LogP contribution in [0.2, 0.25) is 0 Å². The number of halogens is 1.